The van der Waals surface area contributed by atoms with Crippen molar-refractivity contribution < 1.29 is 4.79 Å². The van der Waals surface area contributed by atoms with Crippen LogP contribution in [0.3, 0.4) is 0 Å². The van der Waals surface area contributed by atoms with Crippen molar-refractivity contribution in [2.45, 2.75) is 59.5 Å². The van der Waals surface area contributed by atoms with Crippen LogP contribution in [-0.4, -0.2) is 23.4 Å². The lowest BCUT2D eigenvalue weighted by molar-refractivity contribution is -0.116. The molecule has 0 radical (unpaired) electrons. The molecule has 3 N–H and O–H groups in total. The molecule has 1 amide bonds. The molecule has 0 bridgehead atoms. The standard InChI is InChI=1S/C21H31N5OS/c1-5-8-19(27)25-17-10-7-9-16(11-17)12-23-21(22-6-2)24-13-20-26-18(14-28-20)15(3)4/h7,9-11,14-15H,5-6,8,12-13H2,1-4H3,(H,25,27)(H2,22,23,24). The second-order valence-corrected chi connectivity index (χ2v) is 7.81. The minimum absolute atomic E-state index is 0.0439. The summed E-state index contributed by atoms with van der Waals surface area (Å²) >= 11 is 1.67. The number of nitrogens with one attached hydrogen (secondary N) is 3. The number of anilines is 1. The zero-order valence-electron chi connectivity index (χ0n) is 17.2. The summed E-state index contributed by atoms with van der Waals surface area (Å²) in [7, 11) is 0. The summed E-state index contributed by atoms with van der Waals surface area (Å²) in [5, 5.41) is 12.7. The number of hydrogen-bond donors (Lipinski definition) is 3. The van der Waals surface area contributed by atoms with E-state index in [1.54, 1.807) is 11.3 Å². The molecule has 2 rings (SSSR count). The number of thiazole rings is 1. The highest BCUT2D eigenvalue weighted by atomic mass is 32.1. The molecule has 0 fully saturated rings. The maximum atomic E-state index is 11.8. The molecule has 0 aliphatic rings. The molecule has 0 saturated carbocycles. The quantitative estimate of drug-likeness (QED) is 0.433. The van der Waals surface area contributed by atoms with Crippen molar-refractivity contribution in [3.8, 4) is 0 Å². The van der Waals surface area contributed by atoms with Gasteiger partial charge in [0.1, 0.15) is 5.01 Å². The molecule has 1 heterocycles. The van der Waals surface area contributed by atoms with E-state index in [4.69, 9.17) is 0 Å². The number of aromatic nitrogens is 1. The van der Waals surface area contributed by atoms with Gasteiger partial charge < -0.3 is 16.0 Å². The van der Waals surface area contributed by atoms with Gasteiger partial charge in [-0.3, -0.25) is 4.79 Å². The lowest BCUT2D eigenvalue weighted by atomic mass is 10.2. The molecule has 0 aliphatic carbocycles. The van der Waals surface area contributed by atoms with Gasteiger partial charge in [-0.1, -0.05) is 32.9 Å². The second-order valence-electron chi connectivity index (χ2n) is 6.87. The Morgan fingerprint density at radius 3 is 2.75 bits per heavy atom. The third-order valence-corrected chi connectivity index (χ3v) is 4.89. The molecule has 0 aliphatic heterocycles. The number of amides is 1. The normalized spacial score (nSPS) is 11.5. The Balaban J connectivity index is 1.96. The van der Waals surface area contributed by atoms with Gasteiger partial charge >= 0.3 is 0 Å². The highest BCUT2D eigenvalue weighted by Crippen LogP contribution is 2.17. The minimum atomic E-state index is 0.0439. The summed E-state index contributed by atoms with van der Waals surface area (Å²) in [6, 6.07) is 7.82. The number of nitrogens with zero attached hydrogens (tertiary/aromatic N) is 2. The van der Waals surface area contributed by atoms with E-state index in [9.17, 15) is 4.79 Å². The molecular formula is C21H31N5OS. The Labute approximate surface area is 171 Å². The summed E-state index contributed by atoms with van der Waals surface area (Å²) in [5.41, 5.74) is 2.99. The summed E-state index contributed by atoms with van der Waals surface area (Å²) < 4.78 is 0. The monoisotopic (exact) mass is 401 g/mol. The van der Waals surface area contributed by atoms with Crippen molar-refractivity contribution in [2.75, 3.05) is 11.9 Å². The van der Waals surface area contributed by atoms with Crippen LogP contribution in [0.1, 0.15) is 62.7 Å². The Morgan fingerprint density at radius 1 is 1.25 bits per heavy atom. The largest absolute Gasteiger partial charge is 0.357 e. The number of rotatable bonds is 9. The first-order valence-electron chi connectivity index (χ1n) is 9.87. The smallest absolute Gasteiger partial charge is 0.224 e. The van der Waals surface area contributed by atoms with E-state index in [0.29, 0.717) is 25.4 Å². The zero-order valence-corrected chi connectivity index (χ0v) is 18.0. The molecular weight excluding hydrogens is 370 g/mol. The van der Waals surface area contributed by atoms with Gasteiger partial charge in [0.15, 0.2) is 5.96 Å². The molecule has 0 spiro atoms. The van der Waals surface area contributed by atoms with Gasteiger partial charge in [-0.2, -0.15) is 0 Å². The first-order chi connectivity index (χ1) is 13.5. The molecule has 0 atom stereocenters. The van der Waals surface area contributed by atoms with Crippen molar-refractivity contribution in [1.29, 1.82) is 0 Å². The molecule has 1 aromatic carbocycles. The highest BCUT2D eigenvalue weighted by molar-refractivity contribution is 7.09. The van der Waals surface area contributed by atoms with Crippen LogP contribution in [0.15, 0.2) is 34.6 Å². The number of benzene rings is 1. The molecule has 6 nitrogen and oxygen atoms in total. The van der Waals surface area contributed by atoms with E-state index in [1.165, 1.54) is 0 Å². The van der Waals surface area contributed by atoms with E-state index >= 15 is 0 Å². The number of carbonyl (C=O) groups is 1. The van der Waals surface area contributed by atoms with Gasteiger partial charge in [-0.05, 0) is 37.0 Å². The minimum Gasteiger partial charge on any atom is -0.357 e. The van der Waals surface area contributed by atoms with E-state index in [2.05, 4.69) is 45.2 Å². The van der Waals surface area contributed by atoms with Crippen LogP contribution in [0.2, 0.25) is 0 Å². The van der Waals surface area contributed by atoms with Crippen LogP contribution in [0, 0.1) is 0 Å². The van der Waals surface area contributed by atoms with Gasteiger partial charge in [0.25, 0.3) is 0 Å². The van der Waals surface area contributed by atoms with Gasteiger partial charge in [-0.25, -0.2) is 9.98 Å². The number of carbonyl (C=O) groups excluding carboxylic acids is 1. The van der Waals surface area contributed by atoms with Crippen molar-refractivity contribution in [2.24, 2.45) is 4.99 Å². The fraction of sp³-hybridized carbons (Fsp3) is 0.476. The topological polar surface area (TPSA) is 78.4 Å². The SMILES string of the molecule is CCCC(=O)Nc1cccc(CN=C(NCC)NCc2nc(C(C)C)cs2)c1. The van der Waals surface area contributed by atoms with Crippen molar-refractivity contribution in [3.05, 3.63) is 45.9 Å². The van der Waals surface area contributed by atoms with Gasteiger partial charge in [0.05, 0.1) is 18.8 Å². The Morgan fingerprint density at radius 2 is 2.07 bits per heavy atom. The first kappa shape index (κ1) is 21.9. The summed E-state index contributed by atoms with van der Waals surface area (Å²) in [6.45, 7) is 10.3. The first-order valence-corrected chi connectivity index (χ1v) is 10.7. The van der Waals surface area contributed by atoms with E-state index in [-0.39, 0.29) is 5.91 Å². The third kappa shape index (κ3) is 7.31. The van der Waals surface area contributed by atoms with E-state index < -0.39 is 0 Å². The maximum Gasteiger partial charge on any atom is 0.224 e. The van der Waals surface area contributed by atoms with Crippen LogP contribution >= 0.6 is 11.3 Å². The van der Waals surface area contributed by atoms with E-state index in [1.807, 2.05) is 38.1 Å². The van der Waals surface area contributed by atoms with E-state index in [0.717, 1.165) is 40.9 Å². The molecule has 0 unspecified atom stereocenters. The Bertz CT molecular complexity index is 785. The molecule has 152 valence electrons. The average Bonchev–Trinajstić information content (AvgIpc) is 3.14. The number of guanidine groups is 1. The van der Waals surface area contributed by atoms with Gasteiger partial charge in [0, 0.05) is 24.0 Å². The predicted octanol–water partition coefficient (Wildman–Crippen LogP) is 4.26. The predicted molar refractivity (Wildman–Crippen MR) is 118 cm³/mol. The second kappa shape index (κ2) is 11.4. The van der Waals surface area contributed by atoms with Crippen LogP contribution in [-0.2, 0) is 17.9 Å². The number of aliphatic imine (C=N–C) groups is 1. The number of hydrogen-bond acceptors (Lipinski definition) is 4. The maximum absolute atomic E-state index is 11.8. The van der Waals surface area contributed by atoms with Crippen LogP contribution in [0.5, 0.6) is 0 Å². The molecule has 2 aromatic rings. The van der Waals surface area contributed by atoms with Crippen molar-refractivity contribution in [1.82, 2.24) is 15.6 Å². The Hall–Kier alpha value is -2.41. The molecule has 7 heteroatoms. The molecule has 28 heavy (non-hydrogen) atoms. The zero-order chi connectivity index (χ0) is 20.4. The van der Waals surface area contributed by atoms with Crippen LogP contribution < -0.4 is 16.0 Å². The molecule has 1 aromatic heterocycles. The summed E-state index contributed by atoms with van der Waals surface area (Å²) in [4.78, 5) is 21.1. The third-order valence-electron chi connectivity index (χ3n) is 4.02. The van der Waals surface area contributed by atoms with Crippen LogP contribution in [0.25, 0.3) is 0 Å². The summed E-state index contributed by atoms with van der Waals surface area (Å²) in [6.07, 6.45) is 1.37. The van der Waals surface area contributed by atoms with Gasteiger partial charge in [0.2, 0.25) is 5.91 Å². The lowest BCUT2D eigenvalue weighted by Crippen LogP contribution is -2.36. The Kier molecular flexibility index (Phi) is 8.94. The average molecular weight is 402 g/mol. The lowest BCUT2D eigenvalue weighted by Gasteiger charge is -2.11. The van der Waals surface area contributed by atoms with Crippen molar-refractivity contribution in [3.63, 3.8) is 0 Å². The highest BCUT2D eigenvalue weighted by Gasteiger charge is 2.07. The molecule has 0 saturated heterocycles. The van der Waals surface area contributed by atoms with Crippen LogP contribution in [0.4, 0.5) is 5.69 Å². The fourth-order valence-electron chi connectivity index (χ4n) is 2.54. The van der Waals surface area contributed by atoms with Gasteiger partial charge in [-0.15, -0.1) is 11.3 Å². The van der Waals surface area contributed by atoms with Crippen molar-refractivity contribution >= 4 is 28.9 Å². The fourth-order valence-corrected chi connectivity index (χ4v) is 3.44. The summed E-state index contributed by atoms with van der Waals surface area (Å²) in [5.74, 6) is 1.24.